The minimum absolute atomic E-state index is 0.0431. The SMILES string of the molecule is CC1CCC(CN)(C(O)c2csc(C(C)(C)C)n2)C1. The maximum atomic E-state index is 10.7. The molecule has 2 rings (SSSR count). The molecule has 1 saturated carbocycles. The Balaban J connectivity index is 2.23. The molecular formula is C15H26N2OS. The van der Waals surface area contributed by atoms with Crippen LogP contribution in [-0.4, -0.2) is 16.6 Å². The topological polar surface area (TPSA) is 59.1 Å². The summed E-state index contributed by atoms with van der Waals surface area (Å²) in [5, 5.41) is 13.8. The van der Waals surface area contributed by atoms with Gasteiger partial charge in [-0.3, -0.25) is 0 Å². The number of hydrogen-bond acceptors (Lipinski definition) is 4. The zero-order valence-corrected chi connectivity index (χ0v) is 13.3. The van der Waals surface area contributed by atoms with Gasteiger partial charge in [-0.15, -0.1) is 11.3 Å². The Morgan fingerprint density at radius 3 is 2.68 bits per heavy atom. The first-order chi connectivity index (χ1) is 8.78. The van der Waals surface area contributed by atoms with E-state index < -0.39 is 6.10 Å². The van der Waals surface area contributed by atoms with Crippen molar-refractivity contribution in [2.75, 3.05) is 6.54 Å². The molecule has 4 heteroatoms. The van der Waals surface area contributed by atoms with Crippen LogP contribution in [0.15, 0.2) is 5.38 Å². The quantitative estimate of drug-likeness (QED) is 0.894. The summed E-state index contributed by atoms with van der Waals surface area (Å²) >= 11 is 1.64. The van der Waals surface area contributed by atoms with Gasteiger partial charge in [0.1, 0.15) is 6.10 Å². The van der Waals surface area contributed by atoms with Crippen LogP contribution in [0.4, 0.5) is 0 Å². The zero-order chi connectivity index (χ0) is 14.3. The molecule has 3 N–H and O–H groups in total. The smallest absolute Gasteiger partial charge is 0.104 e. The van der Waals surface area contributed by atoms with Gasteiger partial charge in [0.25, 0.3) is 0 Å². The summed E-state index contributed by atoms with van der Waals surface area (Å²) < 4.78 is 0. The molecular weight excluding hydrogens is 256 g/mol. The van der Waals surface area contributed by atoms with Crippen molar-refractivity contribution in [3.8, 4) is 0 Å². The number of thiazole rings is 1. The molecule has 0 spiro atoms. The van der Waals surface area contributed by atoms with Gasteiger partial charge in [0, 0.05) is 22.8 Å². The van der Waals surface area contributed by atoms with Gasteiger partial charge in [-0.25, -0.2) is 4.98 Å². The van der Waals surface area contributed by atoms with Gasteiger partial charge < -0.3 is 10.8 Å². The lowest BCUT2D eigenvalue weighted by Gasteiger charge is -2.32. The minimum atomic E-state index is -0.519. The lowest BCUT2D eigenvalue weighted by Crippen LogP contribution is -2.34. The molecule has 19 heavy (non-hydrogen) atoms. The fourth-order valence-corrected chi connectivity index (χ4v) is 3.97. The van der Waals surface area contributed by atoms with Gasteiger partial charge in [-0.2, -0.15) is 0 Å². The van der Waals surface area contributed by atoms with E-state index in [2.05, 4.69) is 32.7 Å². The molecule has 1 aliphatic rings. The largest absolute Gasteiger partial charge is 0.386 e. The molecule has 3 unspecified atom stereocenters. The molecule has 1 aromatic heterocycles. The van der Waals surface area contributed by atoms with E-state index in [1.54, 1.807) is 11.3 Å². The number of nitrogens with zero attached hydrogens (tertiary/aromatic N) is 1. The summed E-state index contributed by atoms with van der Waals surface area (Å²) in [5.41, 5.74) is 6.67. The van der Waals surface area contributed by atoms with Gasteiger partial charge in [0.05, 0.1) is 10.7 Å². The molecule has 0 aromatic carbocycles. The monoisotopic (exact) mass is 282 g/mol. The second kappa shape index (κ2) is 5.15. The van der Waals surface area contributed by atoms with Gasteiger partial charge in [0.15, 0.2) is 0 Å². The highest BCUT2D eigenvalue weighted by molar-refractivity contribution is 7.09. The lowest BCUT2D eigenvalue weighted by molar-refractivity contribution is 0.0277. The average Bonchev–Trinajstić information content (AvgIpc) is 2.94. The van der Waals surface area contributed by atoms with Crippen LogP contribution in [-0.2, 0) is 5.41 Å². The van der Waals surface area contributed by atoms with Crippen molar-refractivity contribution in [3.63, 3.8) is 0 Å². The van der Waals surface area contributed by atoms with E-state index in [9.17, 15) is 5.11 Å². The molecule has 0 saturated heterocycles. The fraction of sp³-hybridized carbons (Fsp3) is 0.800. The highest BCUT2D eigenvalue weighted by atomic mass is 32.1. The average molecular weight is 282 g/mol. The Labute approximate surface area is 120 Å². The summed E-state index contributed by atoms with van der Waals surface area (Å²) in [6, 6.07) is 0. The summed E-state index contributed by atoms with van der Waals surface area (Å²) in [5.74, 6) is 0.652. The Morgan fingerprint density at radius 2 is 2.26 bits per heavy atom. The third-order valence-corrected chi connectivity index (χ3v) is 5.61. The van der Waals surface area contributed by atoms with Crippen molar-refractivity contribution in [1.82, 2.24) is 4.98 Å². The van der Waals surface area contributed by atoms with Gasteiger partial charge >= 0.3 is 0 Å². The Bertz CT molecular complexity index is 438. The van der Waals surface area contributed by atoms with E-state index in [0.717, 1.165) is 30.0 Å². The van der Waals surface area contributed by atoms with Crippen LogP contribution in [0.25, 0.3) is 0 Å². The van der Waals surface area contributed by atoms with E-state index in [1.165, 1.54) is 0 Å². The predicted molar refractivity (Wildman–Crippen MR) is 80.3 cm³/mol. The number of nitrogens with two attached hydrogens (primary N) is 1. The summed E-state index contributed by atoms with van der Waals surface area (Å²) in [7, 11) is 0. The van der Waals surface area contributed by atoms with Crippen LogP contribution >= 0.6 is 11.3 Å². The first kappa shape index (κ1) is 14.9. The Hall–Kier alpha value is -0.450. The zero-order valence-electron chi connectivity index (χ0n) is 12.4. The molecule has 0 aliphatic heterocycles. The van der Waals surface area contributed by atoms with E-state index in [4.69, 9.17) is 5.73 Å². The number of aliphatic hydroxyl groups is 1. The highest BCUT2D eigenvalue weighted by Gasteiger charge is 2.44. The van der Waals surface area contributed by atoms with Crippen LogP contribution in [0.5, 0.6) is 0 Å². The van der Waals surface area contributed by atoms with Crippen molar-refractivity contribution < 1.29 is 5.11 Å². The molecule has 1 fully saturated rings. The standard InChI is InChI=1S/C15H26N2OS/c1-10-5-6-15(7-10,9-16)12(18)11-8-19-13(17-11)14(2,3)4/h8,10,12,18H,5-7,9,16H2,1-4H3. The third kappa shape index (κ3) is 2.86. The second-order valence-corrected chi connectivity index (χ2v) is 8.00. The highest BCUT2D eigenvalue weighted by Crippen LogP contribution is 2.49. The Kier molecular flexibility index (Phi) is 4.05. The molecule has 3 atom stereocenters. The number of aromatic nitrogens is 1. The molecule has 0 bridgehead atoms. The van der Waals surface area contributed by atoms with Gasteiger partial charge in [-0.1, -0.05) is 34.1 Å². The fourth-order valence-electron chi connectivity index (χ4n) is 3.05. The van der Waals surface area contributed by atoms with Crippen molar-refractivity contribution in [2.24, 2.45) is 17.1 Å². The van der Waals surface area contributed by atoms with E-state index in [1.807, 2.05) is 5.38 Å². The first-order valence-electron chi connectivity index (χ1n) is 7.12. The summed E-state index contributed by atoms with van der Waals surface area (Å²) in [4.78, 5) is 4.66. The van der Waals surface area contributed by atoms with E-state index in [0.29, 0.717) is 12.5 Å². The molecule has 108 valence electrons. The van der Waals surface area contributed by atoms with Gasteiger partial charge in [0.2, 0.25) is 0 Å². The maximum Gasteiger partial charge on any atom is 0.104 e. The van der Waals surface area contributed by atoms with Crippen molar-refractivity contribution in [3.05, 3.63) is 16.1 Å². The van der Waals surface area contributed by atoms with Crippen LogP contribution in [0, 0.1) is 11.3 Å². The van der Waals surface area contributed by atoms with Crippen molar-refractivity contribution in [1.29, 1.82) is 0 Å². The van der Waals surface area contributed by atoms with Crippen LogP contribution < -0.4 is 5.73 Å². The molecule has 1 aromatic rings. The van der Waals surface area contributed by atoms with E-state index in [-0.39, 0.29) is 10.8 Å². The number of rotatable bonds is 3. The predicted octanol–water partition coefficient (Wildman–Crippen LogP) is 3.24. The van der Waals surface area contributed by atoms with Gasteiger partial charge in [-0.05, 0) is 18.8 Å². The van der Waals surface area contributed by atoms with Crippen molar-refractivity contribution in [2.45, 2.75) is 58.5 Å². The Morgan fingerprint density at radius 1 is 1.58 bits per heavy atom. The third-order valence-electron chi connectivity index (χ3n) is 4.32. The summed E-state index contributed by atoms with van der Waals surface area (Å²) in [6.45, 7) is 9.24. The molecule has 0 radical (unpaired) electrons. The van der Waals surface area contributed by atoms with Crippen LogP contribution in [0.2, 0.25) is 0 Å². The first-order valence-corrected chi connectivity index (χ1v) is 8.00. The van der Waals surface area contributed by atoms with E-state index >= 15 is 0 Å². The van der Waals surface area contributed by atoms with Crippen molar-refractivity contribution >= 4 is 11.3 Å². The normalized spacial score (nSPS) is 29.7. The summed E-state index contributed by atoms with van der Waals surface area (Å²) in [6.07, 6.45) is 2.65. The maximum absolute atomic E-state index is 10.7. The van der Waals surface area contributed by atoms with Crippen LogP contribution in [0.3, 0.4) is 0 Å². The molecule has 3 nitrogen and oxygen atoms in total. The molecule has 0 amide bonds. The number of aliphatic hydroxyl groups excluding tert-OH is 1. The van der Waals surface area contributed by atoms with Crippen LogP contribution in [0.1, 0.15) is 63.8 Å². The minimum Gasteiger partial charge on any atom is -0.386 e. The molecule has 1 aliphatic carbocycles. The number of hydrogen-bond donors (Lipinski definition) is 2. The molecule has 1 heterocycles. The lowest BCUT2D eigenvalue weighted by atomic mass is 9.78. The second-order valence-electron chi connectivity index (χ2n) is 7.14.